The lowest BCUT2D eigenvalue weighted by Crippen LogP contribution is -2.24. The van der Waals surface area contributed by atoms with E-state index in [0.29, 0.717) is 23.6 Å². The van der Waals surface area contributed by atoms with E-state index in [1.165, 1.54) is 0 Å². The fourth-order valence-electron chi connectivity index (χ4n) is 1.87. The number of aliphatic hydroxyl groups excluding tert-OH is 2. The third kappa shape index (κ3) is 1.95. The van der Waals surface area contributed by atoms with Crippen molar-refractivity contribution in [2.24, 2.45) is 0 Å². The van der Waals surface area contributed by atoms with Gasteiger partial charge >= 0.3 is 0 Å². The summed E-state index contributed by atoms with van der Waals surface area (Å²) in [4.78, 5) is 3.93. The van der Waals surface area contributed by atoms with E-state index in [0.717, 1.165) is 0 Å². The highest BCUT2D eigenvalue weighted by atomic mass is 16.5. The average Bonchev–Trinajstić information content (AvgIpc) is 2.59. The highest BCUT2D eigenvalue weighted by molar-refractivity contribution is 5.47. The molecule has 1 fully saturated rings. The molecule has 1 aliphatic rings. The van der Waals surface area contributed by atoms with Crippen LogP contribution in [-0.2, 0) is 4.74 Å². The fraction of sp³-hybridized carbons (Fsp3) is 0.500. The van der Waals surface area contributed by atoms with Gasteiger partial charge in [0.1, 0.15) is 17.7 Å². The maximum absolute atomic E-state index is 9.60. The first kappa shape index (κ1) is 11.1. The topological polar surface area (TPSA) is 115 Å². The van der Waals surface area contributed by atoms with Crippen LogP contribution >= 0.6 is 0 Å². The molecule has 0 aromatic carbocycles. The molecular formula is C10H15N3O3. The molecule has 0 aliphatic carbocycles. The summed E-state index contributed by atoms with van der Waals surface area (Å²) in [5, 5.41) is 18.6. The van der Waals surface area contributed by atoms with E-state index in [1.807, 2.05) is 0 Å². The van der Waals surface area contributed by atoms with Crippen molar-refractivity contribution in [2.75, 3.05) is 18.1 Å². The second-order valence-corrected chi connectivity index (χ2v) is 3.86. The first-order valence-corrected chi connectivity index (χ1v) is 5.08. The molecule has 16 heavy (non-hydrogen) atoms. The minimum absolute atomic E-state index is 0.208. The lowest BCUT2D eigenvalue weighted by Gasteiger charge is -2.13. The number of aromatic nitrogens is 1. The van der Waals surface area contributed by atoms with Crippen LogP contribution in [0.5, 0.6) is 0 Å². The molecule has 2 rings (SSSR count). The molecule has 0 spiro atoms. The lowest BCUT2D eigenvalue weighted by atomic mass is 10.1. The number of rotatable bonds is 2. The first-order valence-electron chi connectivity index (χ1n) is 5.08. The van der Waals surface area contributed by atoms with Crippen molar-refractivity contribution in [1.29, 1.82) is 0 Å². The van der Waals surface area contributed by atoms with Gasteiger partial charge in [0.2, 0.25) is 0 Å². The number of nitrogens with two attached hydrogens (primary N) is 2. The monoisotopic (exact) mass is 225 g/mol. The Morgan fingerprint density at radius 3 is 2.75 bits per heavy atom. The standard InChI is InChI=1S/C10H15N3O3/c11-9-2-1-5(10(12)13-9)7-3-6(15)8(4-14)16-7/h1-2,6-8,14-15H,3-4H2,(H4,11,12,13)/t6-,7?,8+/m0/s1. The van der Waals surface area contributed by atoms with E-state index in [9.17, 15) is 5.11 Å². The highest BCUT2D eigenvalue weighted by Gasteiger charge is 2.35. The van der Waals surface area contributed by atoms with Crippen LogP contribution in [0.2, 0.25) is 0 Å². The van der Waals surface area contributed by atoms with Crippen LogP contribution in [0.25, 0.3) is 0 Å². The van der Waals surface area contributed by atoms with Crippen LogP contribution in [0, 0.1) is 0 Å². The number of nitrogens with zero attached hydrogens (tertiary/aromatic N) is 1. The second kappa shape index (κ2) is 4.25. The molecular weight excluding hydrogens is 210 g/mol. The Hall–Kier alpha value is -1.37. The van der Waals surface area contributed by atoms with Gasteiger partial charge < -0.3 is 26.4 Å². The van der Waals surface area contributed by atoms with Crippen LogP contribution in [-0.4, -0.2) is 34.0 Å². The van der Waals surface area contributed by atoms with Crippen molar-refractivity contribution in [3.8, 4) is 0 Å². The molecule has 6 nitrogen and oxygen atoms in total. The summed E-state index contributed by atoms with van der Waals surface area (Å²) in [6.07, 6.45) is -1.16. The smallest absolute Gasteiger partial charge is 0.131 e. The van der Waals surface area contributed by atoms with Gasteiger partial charge in [-0.1, -0.05) is 0 Å². The zero-order valence-corrected chi connectivity index (χ0v) is 8.71. The summed E-state index contributed by atoms with van der Waals surface area (Å²) in [5.41, 5.74) is 11.9. The molecule has 88 valence electrons. The van der Waals surface area contributed by atoms with Crippen LogP contribution in [0.15, 0.2) is 12.1 Å². The van der Waals surface area contributed by atoms with Gasteiger partial charge in [-0.05, 0) is 12.1 Å². The number of pyridine rings is 1. The molecule has 6 N–H and O–H groups in total. The molecule has 0 saturated carbocycles. The normalized spacial score (nSPS) is 29.5. The van der Waals surface area contributed by atoms with Crippen molar-refractivity contribution in [3.05, 3.63) is 17.7 Å². The summed E-state index contributed by atoms with van der Waals surface area (Å²) in [7, 11) is 0. The number of hydrogen-bond donors (Lipinski definition) is 4. The number of anilines is 2. The third-order valence-corrected chi connectivity index (χ3v) is 2.73. The molecule has 3 atom stereocenters. The third-order valence-electron chi connectivity index (χ3n) is 2.73. The number of ether oxygens (including phenoxy) is 1. The van der Waals surface area contributed by atoms with Gasteiger partial charge in [-0.2, -0.15) is 0 Å². The van der Waals surface area contributed by atoms with Crippen LogP contribution in [0.4, 0.5) is 11.6 Å². The zero-order chi connectivity index (χ0) is 11.7. The minimum Gasteiger partial charge on any atom is -0.394 e. The molecule has 0 bridgehead atoms. The number of hydrogen-bond acceptors (Lipinski definition) is 6. The summed E-state index contributed by atoms with van der Waals surface area (Å²) in [6.45, 7) is -0.208. The van der Waals surface area contributed by atoms with E-state index >= 15 is 0 Å². The molecule has 2 heterocycles. The maximum atomic E-state index is 9.60. The second-order valence-electron chi connectivity index (χ2n) is 3.86. The van der Waals surface area contributed by atoms with Crippen LogP contribution < -0.4 is 11.5 Å². The summed E-state index contributed by atoms with van der Waals surface area (Å²) >= 11 is 0. The van der Waals surface area contributed by atoms with E-state index in [-0.39, 0.29) is 12.7 Å². The maximum Gasteiger partial charge on any atom is 0.131 e. The Balaban J connectivity index is 2.20. The molecule has 1 saturated heterocycles. The first-order chi connectivity index (χ1) is 7.61. The zero-order valence-electron chi connectivity index (χ0n) is 8.71. The summed E-state index contributed by atoms with van der Waals surface area (Å²) in [5.74, 6) is 0.647. The molecule has 1 unspecified atom stereocenters. The Bertz CT molecular complexity index is 386. The predicted octanol–water partition coefficient (Wildman–Crippen LogP) is -0.571. The van der Waals surface area contributed by atoms with Gasteiger partial charge in [-0.25, -0.2) is 4.98 Å². The van der Waals surface area contributed by atoms with Gasteiger partial charge in [0.15, 0.2) is 0 Å². The highest BCUT2D eigenvalue weighted by Crippen LogP contribution is 2.35. The van der Waals surface area contributed by atoms with E-state index < -0.39 is 12.2 Å². The molecule has 0 radical (unpaired) electrons. The minimum atomic E-state index is -0.674. The van der Waals surface area contributed by atoms with Gasteiger partial charge in [0, 0.05) is 12.0 Å². The van der Waals surface area contributed by atoms with Gasteiger partial charge in [-0.15, -0.1) is 0 Å². The van der Waals surface area contributed by atoms with Crippen molar-refractivity contribution in [1.82, 2.24) is 4.98 Å². The average molecular weight is 225 g/mol. The summed E-state index contributed by atoms with van der Waals surface area (Å²) < 4.78 is 5.47. The van der Waals surface area contributed by atoms with Crippen molar-refractivity contribution in [2.45, 2.75) is 24.7 Å². The van der Waals surface area contributed by atoms with E-state index in [4.69, 9.17) is 21.3 Å². The van der Waals surface area contributed by atoms with E-state index in [1.54, 1.807) is 12.1 Å². The SMILES string of the molecule is Nc1ccc(C2C[C@H](O)[C@@H](CO)O2)c(N)n1. The molecule has 1 aromatic heterocycles. The largest absolute Gasteiger partial charge is 0.394 e. The Morgan fingerprint density at radius 2 is 2.19 bits per heavy atom. The molecule has 1 aliphatic heterocycles. The van der Waals surface area contributed by atoms with Crippen LogP contribution in [0.1, 0.15) is 18.1 Å². The Morgan fingerprint density at radius 1 is 1.44 bits per heavy atom. The quantitative estimate of drug-likeness (QED) is 0.536. The van der Waals surface area contributed by atoms with Gasteiger partial charge in [0.25, 0.3) is 0 Å². The Labute approximate surface area is 92.9 Å². The summed E-state index contributed by atoms with van der Waals surface area (Å²) in [6, 6.07) is 3.36. The van der Waals surface area contributed by atoms with Crippen molar-refractivity contribution < 1.29 is 14.9 Å². The van der Waals surface area contributed by atoms with E-state index in [2.05, 4.69) is 4.98 Å². The van der Waals surface area contributed by atoms with Crippen molar-refractivity contribution in [3.63, 3.8) is 0 Å². The molecule has 0 amide bonds. The van der Waals surface area contributed by atoms with Gasteiger partial charge in [-0.3, -0.25) is 0 Å². The number of nitrogen functional groups attached to an aromatic ring is 2. The number of aliphatic hydroxyl groups is 2. The predicted molar refractivity (Wildman–Crippen MR) is 58.4 cm³/mol. The van der Waals surface area contributed by atoms with Crippen LogP contribution in [0.3, 0.4) is 0 Å². The Kier molecular flexibility index (Phi) is 2.95. The lowest BCUT2D eigenvalue weighted by molar-refractivity contribution is -0.0224. The van der Waals surface area contributed by atoms with Crippen molar-refractivity contribution >= 4 is 11.6 Å². The fourth-order valence-corrected chi connectivity index (χ4v) is 1.87. The molecule has 6 heteroatoms. The molecule has 1 aromatic rings. The van der Waals surface area contributed by atoms with Gasteiger partial charge in [0.05, 0.1) is 18.8 Å².